The number of benzene rings is 3. The van der Waals surface area contributed by atoms with Gasteiger partial charge in [-0.15, -0.1) is 0 Å². The number of allylic oxidation sites excluding steroid dienone is 1. The number of hydrogen-bond acceptors (Lipinski definition) is 4. The van der Waals surface area contributed by atoms with E-state index >= 15 is 0 Å². The van der Waals surface area contributed by atoms with Crippen molar-refractivity contribution in [3.05, 3.63) is 125 Å². The Morgan fingerprint density at radius 2 is 1.88 bits per heavy atom. The smallest absolute Gasteiger partial charge is 0.271 e. The minimum absolute atomic E-state index is 0.0538. The highest BCUT2D eigenvalue weighted by Gasteiger charge is 2.32. The first-order valence-corrected chi connectivity index (χ1v) is 12.3. The summed E-state index contributed by atoms with van der Waals surface area (Å²) in [5, 5.41) is 0.617. The number of fused-ring (bicyclic) bond motifs is 3. The highest BCUT2D eigenvalue weighted by molar-refractivity contribution is 7.07. The summed E-state index contributed by atoms with van der Waals surface area (Å²) in [6.45, 7) is 0. The number of aromatic nitrogens is 1. The molecule has 34 heavy (non-hydrogen) atoms. The molecule has 1 aromatic heterocycles. The van der Waals surface area contributed by atoms with Gasteiger partial charge in [-0.25, -0.2) is 4.99 Å². The minimum atomic E-state index is -0.233. The number of nitrogens with zero attached hydrogens (tertiary/aromatic N) is 2. The molecule has 2 aliphatic rings. The van der Waals surface area contributed by atoms with Gasteiger partial charge in [0.05, 0.1) is 23.4 Å². The van der Waals surface area contributed by atoms with Crippen LogP contribution in [0, 0.1) is 0 Å². The first kappa shape index (κ1) is 21.1. The lowest BCUT2D eigenvalue weighted by Crippen LogP contribution is -2.38. The summed E-state index contributed by atoms with van der Waals surface area (Å²) in [5.41, 5.74) is 6.39. The summed E-state index contributed by atoms with van der Waals surface area (Å²) in [6, 6.07) is 23.7. The Balaban J connectivity index is 1.64. The number of halogens is 1. The number of methoxy groups -OCH3 is 1. The molecule has 4 aromatic rings. The lowest BCUT2D eigenvalue weighted by molar-refractivity contribution is 0.413. The molecule has 6 rings (SSSR count). The van der Waals surface area contributed by atoms with Gasteiger partial charge in [-0.1, -0.05) is 77.5 Å². The van der Waals surface area contributed by atoms with Gasteiger partial charge in [0.25, 0.3) is 5.56 Å². The molecule has 0 radical (unpaired) electrons. The Bertz CT molecular complexity index is 1650. The molecule has 0 N–H and O–H groups in total. The zero-order valence-electron chi connectivity index (χ0n) is 18.5. The van der Waals surface area contributed by atoms with E-state index in [1.165, 1.54) is 22.5 Å². The highest BCUT2D eigenvalue weighted by atomic mass is 35.5. The van der Waals surface area contributed by atoms with Gasteiger partial charge >= 0.3 is 0 Å². The van der Waals surface area contributed by atoms with E-state index in [1.54, 1.807) is 7.11 Å². The molecule has 3 aromatic carbocycles. The average Bonchev–Trinajstić information content (AvgIpc) is 3.18. The fourth-order valence-corrected chi connectivity index (χ4v) is 6.05. The highest BCUT2D eigenvalue weighted by Crippen LogP contribution is 2.41. The lowest BCUT2D eigenvalue weighted by atomic mass is 9.83. The summed E-state index contributed by atoms with van der Waals surface area (Å²) < 4.78 is 7.97. The third-order valence-corrected chi connectivity index (χ3v) is 7.80. The average molecular weight is 485 g/mol. The molecule has 1 aliphatic carbocycles. The van der Waals surface area contributed by atoms with Crippen molar-refractivity contribution in [1.29, 1.82) is 0 Å². The van der Waals surface area contributed by atoms with E-state index in [0.29, 0.717) is 14.4 Å². The SMILES string of the molecule is COc1cccc(C2C3=C(N=c4sc(=Cc5ccccc5Cl)c(=O)n42)c2ccccc2CC3)c1. The van der Waals surface area contributed by atoms with E-state index in [4.69, 9.17) is 21.3 Å². The van der Waals surface area contributed by atoms with Gasteiger partial charge in [-0.3, -0.25) is 9.36 Å². The third kappa shape index (κ3) is 3.44. The zero-order valence-corrected chi connectivity index (χ0v) is 20.1. The van der Waals surface area contributed by atoms with E-state index < -0.39 is 0 Å². The Morgan fingerprint density at radius 1 is 1.06 bits per heavy atom. The Morgan fingerprint density at radius 3 is 2.74 bits per heavy atom. The van der Waals surface area contributed by atoms with Crippen molar-refractivity contribution in [3.8, 4) is 5.75 Å². The first-order valence-electron chi connectivity index (χ1n) is 11.2. The molecule has 1 atom stereocenters. The van der Waals surface area contributed by atoms with E-state index in [9.17, 15) is 4.79 Å². The molecular formula is C28H21ClN2O2S. The Labute approximate surface area is 205 Å². The third-order valence-electron chi connectivity index (χ3n) is 6.47. The number of aryl methyl sites for hydroxylation is 1. The van der Waals surface area contributed by atoms with Crippen LogP contribution in [0.1, 0.15) is 34.7 Å². The molecule has 1 unspecified atom stereocenters. The van der Waals surface area contributed by atoms with Crippen molar-refractivity contribution >= 4 is 34.7 Å². The molecule has 0 fully saturated rings. The second-order valence-electron chi connectivity index (χ2n) is 8.41. The van der Waals surface area contributed by atoms with Crippen molar-refractivity contribution in [2.75, 3.05) is 7.11 Å². The number of hydrogen-bond donors (Lipinski definition) is 0. The fraction of sp³-hybridized carbons (Fsp3) is 0.143. The summed E-state index contributed by atoms with van der Waals surface area (Å²) >= 11 is 7.79. The van der Waals surface area contributed by atoms with Gasteiger partial charge in [0.2, 0.25) is 0 Å². The van der Waals surface area contributed by atoms with Gasteiger partial charge in [0.15, 0.2) is 4.80 Å². The van der Waals surface area contributed by atoms with E-state index in [2.05, 4.69) is 30.3 Å². The van der Waals surface area contributed by atoms with Crippen molar-refractivity contribution in [2.45, 2.75) is 18.9 Å². The monoisotopic (exact) mass is 484 g/mol. The second kappa shape index (κ2) is 8.42. The van der Waals surface area contributed by atoms with Crippen LogP contribution in [0.4, 0.5) is 0 Å². The van der Waals surface area contributed by atoms with Gasteiger partial charge in [0.1, 0.15) is 5.75 Å². The molecule has 168 valence electrons. The quantitative estimate of drug-likeness (QED) is 0.411. The van der Waals surface area contributed by atoms with Crippen LogP contribution in [0.15, 0.2) is 88.2 Å². The van der Waals surface area contributed by atoms with Crippen molar-refractivity contribution in [1.82, 2.24) is 4.57 Å². The topological polar surface area (TPSA) is 43.6 Å². The molecule has 0 amide bonds. The van der Waals surface area contributed by atoms with Crippen molar-refractivity contribution in [3.63, 3.8) is 0 Å². The zero-order chi connectivity index (χ0) is 23.2. The first-order chi connectivity index (χ1) is 16.6. The van der Waals surface area contributed by atoms with Crippen molar-refractivity contribution < 1.29 is 4.74 Å². The van der Waals surface area contributed by atoms with Crippen LogP contribution in [0.2, 0.25) is 5.02 Å². The maximum absolute atomic E-state index is 13.8. The lowest BCUT2D eigenvalue weighted by Gasteiger charge is -2.31. The predicted octanol–water partition coefficient (Wildman–Crippen LogP) is 4.98. The van der Waals surface area contributed by atoms with E-state index in [0.717, 1.165) is 41.0 Å². The van der Waals surface area contributed by atoms with Crippen molar-refractivity contribution in [2.24, 2.45) is 4.99 Å². The van der Waals surface area contributed by atoms with Gasteiger partial charge in [-0.05, 0) is 59.4 Å². The van der Waals surface area contributed by atoms with Crippen LogP contribution in [0.25, 0.3) is 11.8 Å². The number of thiazole rings is 1. The molecule has 0 spiro atoms. The van der Waals surface area contributed by atoms with Crippen LogP contribution in [0.3, 0.4) is 0 Å². The Hall–Kier alpha value is -3.41. The van der Waals surface area contributed by atoms with Crippen LogP contribution in [-0.2, 0) is 6.42 Å². The summed E-state index contributed by atoms with van der Waals surface area (Å²) in [4.78, 5) is 19.5. The molecule has 0 bridgehead atoms. The fourth-order valence-electron chi connectivity index (χ4n) is 4.87. The van der Waals surface area contributed by atoms with Gasteiger partial charge in [-0.2, -0.15) is 0 Å². The summed E-state index contributed by atoms with van der Waals surface area (Å²) in [5.74, 6) is 0.769. The van der Waals surface area contributed by atoms with E-state index in [1.807, 2.05) is 53.1 Å². The molecule has 0 saturated heterocycles. The maximum atomic E-state index is 13.8. The molecular weight excluding hydrogens is 464 g/mol. The normalized spacial score (nSPS) is 17.0. The van der Waals surface area contributed by atoms with Gasteiger partial charge in [0, 0.05) is 10.6 Å². The predicted molar refractivity (Wildman–Crippen MR) is 137 cm³/mol. The molecule has 6 heteroatoms. The van der Waals surface area contributed by atoms with Crippen LogP contribution >= 0.6 is 22.9 Å². The molecule has 4 nitrogen and oxygen atoms in total. The summed E-state index contributed by atoms with van der Waals surface area (Å²) in [6.07, 6.45) is 3.65. The Kier molecular flexibility index (Phi) is 5.24. The number of rotatable bonds is 3. The van der Waals surface area contributed by atoms with Crippen LogP contribution in [-0.4, -0.2) is 11.7 Å². The van der Waals surface area contributed by atoms with Gasteiger partial charge < -0.3 is 4.74 Å². The number of ether oxygens (including phenoxy) is 1. The maximum Gasteiger partial charge on any atom is 0.271 e. The van der Waals surface area contributed by atoms with Crippen LogP contribution < -0.4 is 19.6 Å². The second-order valence-corrected chi connectivity index (χ2v) is 9.83. The molecule has 2 heterocycles. The molecule has 1 aliphatic heterocycles. The minimum Gasteiger partial charge on any atom is -0.497 e. The van der Waals surface area contributed by atoms with E-state index in [-0.39, 0.29) is 11.6 Å². The standard InChI is InChI=1S/C28H21ClN2O2S/c1-33-20-10-6-9-19(15-20)26-22-14-13-17-7-2-4-11-21(17)25(22)30-28-31(26)27(32)24(34-28)16-18-8-3-5-12-23(18)29/h2-12,15-16,26H,13-14H2,1H3. The molecule has 0 saturated carbocycles. The largest absolute Gasteiger partial charge is 0.497 e. The summed E-state index contributed by atoms with van der Waals surface area (Å²) in [7, 11) is 1.66. The van der Waals surface area contributed by atoms with Crippen LogP contribution in [0.5, 0.6) is 5.75 Å².